The van der Waals surface area contributed by atoms with Crippen molar-refractivity contribution in [3.8, 4) is 0 Å². The van der Waals surface area contributed by atoms with E-state index in [-0.39, 0.29) is 0 Å². The van der Waals surface area contributed by atoms with Crippen molar-refractivity contribution in [3.05, 3.63) is 0 Å². The van der Waals surface area contributed by atoms with Crippen LogP contribution in [-0.2, 0) is 0 Å². The Morgan fingerprint density at radius 3 is 1.83 bits per heavy atom. The summed E-state index contributed by atoms with van der Waals surface area (Å²) in [4.78, 5) is 0. The van der Waals surface area contributed by atoms with Crippen molar-refractivity contribution < 1.29 is 0 Å². The average molecular weight is 77.7 g/mol. The van der Waals surface area contributed by atoms with E-state index in [4.69, 9.17) is 0 Å². The molecule has 1 heterocycles. The third-order valence-electron chi connectivity index (χ3n) is 1.18. The summed E-state index contributed by atoms with van der Waals surface area (Å²) in [6, 6.07) is 0. The van der Waals surface area contributed by atoms with Crippen LogP contribution < -0.4 is 0 Å². The van der Waals surface area contributed by atoms with Gasteiger partial charge in [0.25, 0.3) is 0 Å². The second-order valence-corrected chi connectivity index (χ2v) is 2.21. The summed E-state index contributed by atoms with van der Waals surface area (Å²) in [5.74, 6) is 0.852. The van der Waals surface area contributed by atoms with Crippen LogP contribution in [0.15, 0.2) is 0 Å². The van der Waals surface area contributed by atoms with Crippen LogP contribution in [0.2, 0.25) is 5.72 Å². The van der Waals surface area contributed by atoms with Gasteiger partial charge in [-0.25, -0.2) is 0 Å². The number of hydrogen-bond acceptors (Lipinski definition) is 0. The summed E-state index contributed by atoms with van der Waals surface area (Å²) in [5.41, 5.74) is 0.852. The number of hydrogen-bond donors (Lipinski definition) is 0. The van der Waals surface area contributed by atoms with E-state index >= 15 is 0 Å². The Labute approximate surface area is 40.0 Å². The first-order valence-corrected chi connectivity index (χ1v) is 2.49. The van der Waals surface area contributed by atoms with E-state index in [2.05, 4.69) is 27.5 Å². The van der Waals surface area contributed by atoms with Gasteiger partial charge in [0.15, 0.2) is 0 Å². The molecule has 0 amide bonds. The Morgan fingerprint density at radius 2 is 1.83 bits per heavy atom. The fourth-order valence-electron chi connectivity index (χ4n) is 0.509. The molecule has 0 aromatic heterocycles. The minimum absolute atomic E-state index is 0.852. The van der Waals surface area contributed by atoms with Gasteiger partial charge in [0.1, 0.15) is 0 Å². The first-order valence-electron chi connectivity index (χ1n) is 2.49. The Balaban J connectivity index is 2.16. The Hall–Kier alpha value is 0.130. The molecule has 6 heavy (non-hydrogen) atoms. The van der Waals surface area contributed by atoms with Crippen LogP contribution >= 0.6 is 0 Å². The predicted molar refractivity (Wildman–Crippen MR) is 30.1 cm³/mol. The zero-order valence-corrected chi connectivity index (χ0v) is 4.31. The molecule has 0 aromatic rings. The molecule has 0 spiro atoms. The molecule has 0 unspecified atom stereocenters. The molecule has 0 radical (unpaired) electrons. The van der Waals surface area contributed by atoms with Crippen LogP contribution in [0.3, 0.4) is 0 Å². The first kappa shape index (κ1) is 4.29. The summed E-state index contributed by atoms with van der Waals surface area (Å²) in [7, 11) is 0. The molecule has 1 aliphatic heterocycles. The third kappa shape index (κ3) is 0.796. The summed E-state index contributed by atoms with van der Waals surface area (Å²) in [6.45, 7) is 8.96. The van der Waals surface area contributed by atoms with E-state index in [1.807, 2.05) is 0 Å². The van der Waals surface area contributed by atoms with E-state index in [9.17, 15) is 0 Å². The molecule has 0 aliphatic carbocycles. The maximum absolute atomic E-state index is 2.24. The van der Waals surface area contributed by atoms with Gasteiger partial charge < -0.3 is 0 Å². The van der Waals surface area contributed by atoms with Crippen molar-refractivity contribution in [2.75, 3.05) is 0 Å². The van der Waals surface area contributed by atoms with Crippen LogP contribution in [0.1, 0.15) is 13.8 Å². The molecule has 0 atom stereocenters. The molecule has 0 bridgehead atoms. The molecular weight excluding hydrogens is 69.7 g/mol. The normalized spacial score (nSPS) is 17.2. The topological polar surface area (TPSA) is 0 Å². The van der Waals surface area contributed by atoms with Gasteiger partial charge in [-0.3, -0.25) is 0 Å². The Bertz CT molecular complexity index is 69.6. The van der Waals surface area contributed by atoms with Gasteiger partial charge in [-0.1, -0.05) is 0 Å². The molecule has 0 nitrogen and oxygen atoms in total. The van der Waals surface area contributed by atoms with Gasteiger partial charge in [-0.05, 0) is 0 Å². The molecule has 2 heteroatoms. The van der Waals surface area contributed by atoms with Crippen LogP contribution in [0.4, 0.5) is 0 Å². The van der Waals surface area contributed by atoms with Crippen molar-refractivity contribution in [1.29, 1.82) is 0 Å². The number of rotatable bonds is 1. The van der Waals surface area contributed by atoms with Gasteiger partial charge in [-0.15, -0.1) is 0 Å². The van der Waals surface area contributed by atoms with Crippen LogP contribution in [0.25, 0.3) is 0 Å². The van der Waals surface area contributed by atoms with E-state index in [1.54, 1.807) is 0 Å². The maximum atomic E-state index is 2.24. The second kappa shape index (κ2) is 1.32. The molecule has 0 fully saturated rings. The SMILES string of the molecule is CC(C)C1B=B1. The van der Waals surface area contributed by atoms with Crippen molar-refractivity contribution in [2.45, 2.75) is 19.6 Å². The first-order chi connectivity index (χ1) is 2.80. The molecule has 0 saturated heterocycles. The fraction of sp³-hybridized carbons (Fsp3) is 1.00. The van der Waals surface area contributed by atoms with E-state index in [0.29, 0.717) is 0 Å². The summed E-state index contributed by atoms with van der Waals surface area (Å²) < 4.78 is 0. The van der Waals surface area contributed by atoms with Crippen molar-refractivity contribution in [2.24, 2.45) is 5.92 Å². The molecule has 0 aromatic carbocycles. The Morgan fingerprint density at radius 1 is 1.33 bits per heavy atom. The van der Waals surface area contributed by atoms with Crippen LogP contribution in [0.5, 0.6) is 0 Å². The monoisotopic (exact) mass is 78.1 g/mol. The standard InChI is InChI=1S/C4H8B2/c1-3(2)4-5-6-4/h3-4H,1-2H3. The average Bonchev–Trinajstić information content (AvgIpc) is 2.06. The zero-order chi connectivity index (χ0) is 4.57. The second-order valence-electron chi connectivity index (χ2n) is 2.21. The molecule has 0 N–H and O–H groups in total. The van der Waals surface area contributed by atoms with E-state index < -0.39 is 0 Å². The van der Waals surface area contributed by atoms with Gasteiger partial charge >= 0.3 is 39.1 Å². The minimum atomic E-state index is 0.852. The Kier molecular flexibility index (Phi) is 0.947. The van der Waals surface area contributed by atoms with Gasteiger partial charge in [0.05, 0.1) is 0 Å². The third-order valence-corrected chi connectivity index (χ3v) is 1.18. The van der Waals surface area contributed by atoms with Crippen molar-refractivity contribution in [1.82, 2.24) is 0 Å². The molecule has 1 rings (SSSR count). The van der Waals surface area contributed by atoms with E-state index in [0.717, 1.165) is 11.6 Å². The van der Waals surface area contributed by atoms with Gasteiger partial charge in [-0.2, -0.15) is 0 Å². The quantitative estimate of drug-likeness (QED) is 0.405. The summed E-state index contributed by atoms with van der Waals surface area (Å²) in [5, 5.41) is 0. The predicted octanol–water partition coefficient (Wildman–Crippen LogP) is 0.725. The molecule has 30 valence electrons. The van der Waals surface area contributed by atoms with Gasteiger partial charge in [0, 0.05) is 0 Å². The van der Waals surface area contributed by atoms with Crippen LogP contribution in [0, 0.1) is 5.92 Å². The molecule has 0 saturated carbocycles. The van der Waals surface area contributed by atoms with Gasteiger partial charge in [0.2, 0.25) is 0 Å². The molecular formula is C4H8B2. The zero-order valence-electron chi connectivity index (χ0n) is 4.31. The summed E-state index contributed by atoms with van der Waals surface area (Å²) in [6.07, 6.45) is 0. The van der Waals surface area contributed by atoms with Crippen LogP contribution in [-0.4, -0.2) is 13.6 Å². The summed E-state index contributed by atoms with van der Waals surface area (Å²) >= 11 is 0. The fourth-order valence-corrected chi connectivity index (χ4v) is 0.509. The van der Waals surface area contributed by atoms with Crippen molar-refractivity contribution in [3.63, 3.8) is 0 Å². The van der Waals surface area contributed by atoms with E-state index in [1.165, 1.54) is 0 Å². The molecule has 1 aliphatic rings. The van der Waals surface area contributed by atoms with Crippen molar-refractivity contribution >= 4 is 13.6 Å².